The molecule has 0 aliphatic carbocycles. The standard InChI is InChI=1S/C21H18F2N2O/c22-19-2-1-3-20(23)18(19)14-25-10-11-26-21-5-4-16(12-17(21)13-25)15-6-8-24-9-7-15/h1-9,12H,10-11,13-14H2. The van der Waals surface area contributed by atoms with E-state index in [9.17, 15) is 8.78 Å². The molecule has 1 aliphatic rings. The monoisotopic (exact) mass is 352 g/mol. The van der Waals surface area contributed by atoms with Crippen LogP contribution in [0.5, 0.6) is 5.75 Å². The van der Waals surface area contributed by atoms with Crippen molar-refractivity contribution in [2.45, 2.75) is 13.1 Å². The summed E-state index contributed by atoms with van der Waals surface area (Å²) in [6.07, 6.45) is 3.51. The average molecular weight is 352 g/mol. The van der Waals surface area contributed by atoms with Gasteiger partial charge in [-0.25, -0.2) is 8.78 Å². The maximum Gasteiger partial charge on any atom is 0.130 e. The average Bonchev–Trinajstić information content (AvgIpc) is 2.86. The van der Waals surface area contributed by atoms with E-state index in [-0.39, 0.29) is 12.1 Å². The molecule has 1 aromatic heterocycles. The molecule has 0 radical (unpaired) electrons. The number of pyridine rings is 1. The second-order valence-electron chi connectivity index (χ2n) is 6.32. The molecule has 0 N–H and O–H groups in total. The molecule has 0 spiro atoms. The summed E-state index contributed by atoms with van der Waals surface area (Å²) in [4.78, 5) is 6.05. The lowest BCUT2D eigenvalue weighted by molar-refractivity contribution is 0.215. The summed E-state index contributed by atoms with van der Waals surface area (Å²) in [5.41, 5.74) is 3.24. The van der Waals surface area contributed by atoms with Crippen molar-refractivity contribution in [1.29, 1.82) is 0 Å². The third-order valence-electron chi connectivity index (χ3n) is 4.58. The molecule has 3 nitrogen and oxygen atoms in total. The summed E-state index contributed by atoms with van der Waals surface area (Å²) < 4.78 is 33.8. The number of rotatable bonds is 3. The Hall–Kier alpha value is -2.79. The van der Waals surface area contributed by atoms with E-state index in [2.05, 4.69) is 11.1 Å². The van der Waals surface area contributed by atoms with Gasteiger partial charge in [-0.1, -0.05) is 12.1 Å². The van der Waals surface area contributed by atoms with Gasteiger partial charge in [0.25, 0.3) is 0 Å². The highest BCUT2D eigenvalue weighted by molar-refractivity contribution is 5.65. The van der Waals surface area contributed by atoms with Crippen LogP contribution in [-0.4, -0.2) is 23.0 Å². The Balaban J connectivity index is 1.61. The molecule has 5 heteroatoms. The molecule has 132 valence electrons. The molecule has 26 heavy (non-hydrogen) atoms. The Morgan fingerprint density at radius 1 is 0.962 bits per heavy atom. The van der Waals surface area contributed by atoms with Gasteiger partial charge < -0.3 is 4.74 Å². The number of hydrogen-bond acceptors (Lipinski definition) is 3. The number of benzene rings is 2. The van der Waals surface area contributed by atoms with Crippen molar-refractivity contribution < 1.29 is 13.5 Å². The molecule has 0 fully saturated rings. The molecule has 0 unspecified atom stereocenters. The van der Waals surface area contributed by atoms with Gasteiger partial charge in [0.15, 0.2) is 0 Å². The van der Waals surface area contributed by atoms with E-state index in [1.807, 2.05) is 29.2 Å². The SMILES string of the molecule is Fc1cccc(F)c1CN1CCOc2ccc(-c3ccncc3)cc2C1. The molecule has 0 saturated heterocycles. The normalized spacial score (nSPS) is 14.4. The lowest BCUT2D eigenvalue weighted by Crippen LogP contribution is -2.26. The molecular formula is C21H18F2N2O. The molecular weight excluding hydrogens is 334 g/mol. The van der Waals surface area contributed by atoms with Gasteiger partial charge in [0.1, 0.15) is 24.0 Å². The zero-order valence-electron chi connectivity index (χ0n) is 14.2. The van der Waals surface area contributed by atoms with Crippen molar-refractivity contribution in [3.63, 3.8) is 0 Å². The van der Waals surface area contributed by atoms with Crippen LogP contribution in [-0.2, 0) is 13.1 Å². The first-order chi connectivity index (χ1) is 12.7. The molecule has 1 aliphatic heterocycles. The zero-order chi connectivity index (χ0) is 17.9. The lowest BCUT2D eigenvalue weighted by Gasteiger charge is -2.20. The van der Waals surface area contributed by atoms with Gasteiger partial charge in [0.05, 0.1) is 0 Å². The largest absolute Gasteiger partial charge is 0.492 e. The molecule has 4 rings (SSSR count). The summed E-state index contributed by atoms with van der Waals surface area (Å²) in [7, 11) is 0. The highest BCUT2D eigenvalue weighted by Gasteiger charge is 2.19. The minimum Gasteiger partial charge on any atom is -0.492 e. The minimum atomic E-state index is -0.513. The Kier molecular flexibility index (Phi) is 4.63. The summed E-state index contributed by atoms with van der Waals surface area (Å²) in [6, 6.07) is 13.9. The molecule has 0 bridgehead atoms. The fraction of sp³-hybridized carbons (Fsp3) is 0.190. The van der Waals surface area contributed by atoms with Gasteiger partial charge in [0.2, 0.25) is 0 Å². The number of aromatic nitrogens is 1. The van der Waals surface area contributed by atoms with Crippen LogP contribution in [0.4, 0.5) is 8.78 Å². The van der Waals surface area contributed by atoms with Crippen LogP contribution in [0.25, 0.3) is 11.1 Å². The van der Waals surface area contributed by atoms with E-state index in [1.165, 1.54) is 18.2 Å². The quantitative estimate of drug-likeness (QED) is 0.698. The third kappa shape index (κ3) is 3.44. The van der Waals surface area contributed by atoms with Crippen LogP contribution in [0, 0.1) is 11.6 Å². The predicted octanol–water partition coefficient (Wildman–Crippen LogP) is 4.42. The van der Waals surface area contributed by atoms with Crippen molar-refractivity contribution >= 4 is 0 Å². The van der Waals surface area contributed by atoms with Gasteiger partial charge in [-0.15, -0.1) is 0 Å². The van der Waals surface area contributed by atoms with E-state index in [1.54, 1.807) is 12.4 Å². The summed E-state index contributed by atoms with van der Waals surface area (Å²) in [5.74, 6) is -0.207. The molecule has 0 amide bonds. The smallest absolute Gasteiger partial charge is 0.130 e. The van der Waals surface area contributed by atoms with E-state index >= 15 is 0 Å². The highest BCUT2D eigenvalue weighted by Crippen LogP contribution is 2.29. The maximum atomic E-state index is 14.0. The van der Waals surface area contributed by atoms with Gasteiger partial charge >= 0.3 is 0 Å². The van der Waals surface area contributed by atoms with Gasteiger partial charge in [-0.05, 0) is 47.5 Å². The second-order valence-corrected chi connectivity index (χ2v) is 6.32. The Morgan fingerprint density at radius 3 is 2.50 bits per heavy atom. The van der Waals surface area contributed by atoms with Crippen LogP contribution in [0.2, 0.25) is 0 Å². The van der Waals surface area contributed by atoms with E-state index in [0.717, 1.165) is 22.4 Å². The zero-order valence-corrected chi connectivity index (χ0v) is 14.2. The molecule has 0 atom stereocenters. The Morgan fingerprint density at radius 2 is 1.73 bits per heavy atom. The Bertz CT molecular complexity index is 895. The number of ether oxygens (including phenoxy) is 1. The van der Waals surface area contributed by atoms with Gasteiger partial charge in [0, 0.05) is 43.2 Å². The Labute approximate surface area is 150 Å². The first kappa shape index (κ1) is 16.7. The van der Waals surface area contributed by atoms with Crippen LogP contribution in [0.1, 0.15) is 11.1 Å². The fourth-order valence-electron chi connectivity index (χ4n) is 3.21. The predicted molar refractivity (Wildman–Crippen MR) is 95.6 cm³/mol. The summed E-state index contributed by atoms with van der Waals surface area (Å²) in [6.45, 7) is 1.87. The van der Waals surface area contributed by atoms with Crippen molar-refractivity contribution in [1.82, 2.24) is 9.88 Å². The van der Waals surface area contributed by atoms with Crippen LogP contribution >= 0.6 is 0 Å². The maximum absolute atomic E-state index is 14.0. The molecule has 2 heterocycles. The topological polar surface area (TPSA) is 25.4 Å². The lowest BCUT2D eigenvalue weighted by atomic mass is 10.0. The minimum absolute atomic E-state index is 0.0984. The fourth-order valence-corrected chi connectivity index (χ4v) is 3.21. The number of hydrogen-bond donors (Lipinski definition) is 0. The number of nitrogens with zero attached hydrogens (tertiary/aromatic N) is 2. The first-order valence-corrected chi connectivity index (χ1v) is 8.52. The van der Waals surface area contributed by atoms with Crippen molar-refractivity contribution in [3.05, 3.63) is 83.7 Å². The summed E-state index contributed by atoms with van der Waals surface area (Å²) in [5, 5.41) is 0. The molecule has 3 aromatic rings. The van der Waals surface area contributed by atoms with Crippen molar-refractivity contribution in [2.24, 2.45) is 0 Å². The van der Waals surface area contributed by atoms with E-state index in [4.69, 9.17) is 4.74 Å². The third-order valence-corrected chi connectivity index (χ3v) is 4.58. The van der Waals surface area contributed by atoms with Crippen molar-refractivity contribution in [2.75, 3.05) is 13.2 Å². The van der Waals surface area contributed by atoms with E-state index in [0.29, 0.717) is 19.7 Å². The second kappa shape index (κ2) is 7.22. The summed E-state index contributed by atoms with van der Waals surface area (Å²) >= 11 is 0. The molecule has 2 aromatic carbocycles. The highest BCUT2D eigenvalue weighted by atomic mass is 19.1. The number of halogens is 2. The van der Waals surface area contributed by atoms with Gasteiger partial charge in [-0.2, -0.15) is 0 Å². The number of fused-ring (bicyclic) bond motifs is 1. The van der Waals surface area contributed by atoms with Crippen LogP contribution in [0.15, 0.2) is 60.9 Å². The van der Waals surface area contributed by atoms with Crippen molar-refractivity contribution in [3.8, 4) is 16.9 Å². The van der Waals surface area contributed by atoms with Crippen LogP contribution < -0.4 is 4.74 Å². The van der Waals surface area contributed by atoms with Gasteiger partial charge in [-0.3, -0.25) is 9.88 Å². The van der Waals surface area contributed by atoms with E-state index < -0.39 is 11.6 Å². The molecule has 0 saturated carbocycles. The van der Waals surface area contributed by atoms with Crippen LogP contribution in [0.3, 0.4) is 0 Å². The first-order valence-electron chi connectivity index (χ1n) is 8.52.